The number of benzene rings is 1. The predicted molar refractivity (Wildman–Crippen MR) is 75.0 cm³/mol. The summed E-state index contributed by atoms with van der Waals surface area (Å²) in [7, 11) is 0. The Hall–Kier alpha value is -2.12. The van der Waals surface area contributed by atoms with E-state index in [1.54, 1.807) is 6.07 Å². The van der Waals surface area contributed by atoms with Crippen LogP contribution in [0.2, 0.25) is 5.15 Å². The van der Waals surface area contributed by atoms with E-state index in [-0.39, 0.29) is 0 Å². The highest BCUT2D eigenvalue weighted by Crippen LogP contribution is 2.18. The molecule has 0 spiro atoms. The van der Waals surface area contributed by atoms with E-state index in [4.69, 9.17) is 16.9 Å². The summed E-state index contributed by atoms with van der Waals surface area (Å²) in [6, 6.07) is 7.61. The molecule has 0 atom stereocenters. The summed E-state index contributed by atoms with van der Waals surface area (Å²) >= 11 is 5.80. The number of nitrogens with zero attached hydrogens (tertiary/aromatic N) is 3. The van der Waals surface area contributed by atoms with E-state index in [0.717, 1.165) is 16.7 Å². The van der Waals surface area contributed by atoms with Crippen molar-refractivity contribution in [3.05, 3.63) is 51.9 Å². The molecule has 0 unspecified atom stereocenters. The monoisotopic (exact) mass is 272 g/mol. The van der Waals surface area contributed by atoms with E-state index in [1.165, 1.54) is 6.33 Å². The van der Waals surface area contributed by atoms with Gasteiger partial charge in [0.1, 0.15) is 17.3 Å². The summed E-state index contributed by atoms with van der Waals surface area (Å²) in [6.45, 7) is 4.63. The molecule has 0 fully saturated rings. The molecule has 0 aliphatic carbocycles. The van der Waals surface area contributed by atoms with Crippen molar-refractivity contribution in [2.24, 2.45) is 0 Å². The van der Waals surface area contributed by atoms with Crippen LogP contribution < -0.4 is 5.32 Å². The normalized spacial score (nSPS) is 10.0. The fourth-order valence-electron chi connectivity index (χ4n) is 1.95. The third kappa shape index (κ3) is 3.21. The van der Waals surface area contributed by atoms with E-state index >= 15 is 0 Å². The van der Waals surface area contributed by atoms with Crippen molar-refractivity contribution in [3.8, 4) is 6.07 Å². The summed E-state index contributed by atoms with van der Waals surface area (Å²) in [5, 5.41) is 12.5. The maximum Gasteiger partial charge on any atom is 0.134 e. The van der Waals surface area contributed by atoms with Gasteiger partial charge in [0.15, 0.2) is 0 Å². The Morgan fingerprint density at radius 1 is 1.21 bits per heavy atom. The number of nitriles is 1. The van der Waals surface area contributed by atoms with Crippen molar-refractivity contribution in [3.63, 3.8) is 0 Å². The molecule has 0 aliphatic rings. The van der Waals surface area contributed by atoms with E-state index in [1.807, 2.05) is 26.0 Å². The number of rotatable bonds is 3. The van der Waals surface area contributed by atoms with Gasteiger partial charge in [-0.2, -0.15) is 5.26 Å². The topological polar surface area (TPSA) is 61.6 Å². The Balaban J connectivity index is 2.18. The first-order valence-electron chi connectivity index (χ1n) is 5.82. The molecule has 0 radical (unpaired) electrons. The molecule has 1 heterocycles. The molecule has 0 saturated carbocycles. The maximum absolute atomic E-state index is 8.92. The molecule has 0 bridgehead atoms. The van der Waals surface area contributed by atoms with Gasteiger partial charge in [-0.05, 0) is 42.7 Å². The molecule has 1 N–H and O–H groups in total. The van der Waals surface area contributed by atoms with Crippen LogP contribution in [0.15, 0.2) is 24.5 Å². The summed E-state index contributed by atoms with van der Waals surface area (Å²) in [5.41, 5.74) is 4.02. The van der Waals surface area contributed by atoms with E-state index < -0.39 is 0 Å². The zero-order chi connectivity index (χ0) is 13.8. The van der Waals surface area contributed by atoms with Gasteiger partial charge in [-0.3, -0.25) is 0 Å². The van der Waals surface area contributed by atoms with Crippen LogP contribution in [0.25, 0.3) is 0 Å². The molecule has 2 rings (SSSR count). The van der Waals surface area contributed by atoms with Crippen molar-refractivity contribution in [2.45, 2.75) is 20.4 Å². The summed E-state index contributed by atoms with van der Waals surface area (Å²) in [6.07, 6.45) is 1.42. The molecule has 1 aromatic heterocycles. The molecule has 4 nitrogen and oxygen atoms in total. The van der Waals surface area contributed by atoms with Crippen LogP contribution in [-0.2, 0) is 6.54 Å². The second-order valence-electron chi connectivity index (χ2n) is 4.28. The predicted octanol–water partition coefficient (Wildman–Crippen LogP) is 3.23. The van der Waals surface area contributed by atoms with E-state index in [2.05, 4.69) is 21.4 Å². The van der Waals surface area contributed by atoms with Crippen molar-refractivity contribution >= 4 is 17.4 Å². The number of hydrogen-bond acceptors (Lipinski definition) is 4. The fourth-order valence-corrected chi connectivity index (χ4v) is 2.09. The molecule has 0 aliphatic heterocycles. The Morgan fingerprint density at radius 3 is 2.47 bits per heavy atom. The largest absolute Gasteiger partial charge is 0.366 e. The lowest BCUT2D eigenvalue weighted by Crippen LogP contribution is -2.05. The number of nitrogens with one attached hydrogen (secondary N) is 1. The highest BCUT2D eigenvalue weighted by Gasteiger charge is 2.05. The number of halogens is 1. The van der Waals surface area contributed by atoms with Gasteiger partial charge in [0.2, 0.25) is 0 Å². The third-order valence-corrected chi connectivity index (χ3v) is 3.11. The average molecular weight is 273 g/mol. The number of aryl methyl sites for hydroxylation is 2. The smallest absolute Gasteiger partial charge is 0.134 e. The fraction of sp³-hybridized carbons (Fsp3) is 0.214. The van der Waals surface area contributed by atoms with Gasteiger partial charge in [0, 0.05) is 12.6 Å². The second kappa shape index (κ2) is 5.68. The average Bonchev–Trinajstić information content (AvgIpc) is 2.37. The van der Waals surface area contributed by atoms with Gasteiger partial charge in [-0.1, -0.05) is 11.6 Å². The molecule has 5 heteroatoms. The number of aromatic nitrogens is 2. The molecule has 0 saturated heterocycles. The van der Waals surface area contributed by atoms with Crippen LogP contribution in [-0.4, -0.2) is 9.97 Å². The standard InChI is InChI=1S/C14H13ClN4/c1-9-3-11(6-16)4-10(2)12(9)7-17-14-5-13(15)18-8-19-14/h3-5,8H,7H2,1-2H3,(H,17,18,19). The van der Waals surface area contributed by atoms with Crippen LogP contribution in [0.5, 0.6) is 0 Å². The molecular weight excluding hydrogens is 260 g/mol. The van der Waals surface area contributed by atoms with Gasteiger partial charge in [0.25, 0.3) is 0 Å². The lowest BCUT2D eigenvalue weighted by Gasteiger charge is -2.12. The maximum atomic E-state index is 8.92. The van der Waals surface area contributed by atoms with Crippen molar-refractivity contribution in [2.75, 3.05) is 5.32 Å². The summed E-state index contributed by atoms with van der Waals surface area (Å²) in [5.74, 6) is 0.683. The molecule has 1 aromatic carbocycles. The Morgan fingerprint density at radius 2 is 1.89 bits per heavy atom. The molecular formula is C14H13ClN4. The van der Waals surface area contributed by atoms with Crippen LogP contribution in [0.3, 0.4) is 0 Å². The first-order valence-corrected chi connectivity index (χ1v) is 6.19. The van der Waals surface area contributed by atoms with Crippen LogP contribution in [0.1, 0.15) is 22.3 Å². The van der Waals surface area contributed by atoms with E-state index in [0.29, 0.717) is 23.1 Å². The summed E-state index contributed by atoms with van der Waals surface area (Å²) < 4.78 is 0. The molecule has 96 valence electrons. The first-order chi connectivity index (χ1) is 9.10. The zero-order valence-electron chi connectivity index (χ0n) is 10.7. The highest BCUT2D eigenvalue weighted by atomic mass is 35.5. The van der Waals surface area contributed by atoms with Crippen molar-refractivity contribution in [1.82, 2.24) is 9.97 Å². The third-order valence-electron chi connectivity index (χ3n) is 2.91. The quantitative estimate of drug-likeness (QED) is 0.872. The van der Waals surface area contributed by atoms with Crippen LogP contribution in [0.4, 0.5) is 5.82 Å². The van der Waals surface area contributed by atoms with Gasteiger partial charge in [-0.25, -0.2) is 9.97 Å². The lowest BCUT2D eigenvalue weighted by atomic mass is 10.00. The van der Waals surface area contributed by atoms with Crippen LogP contribution in [0, 0.1) is 25.2 Å². The van der Waals surface area contributed by atoms with Gasteiger partial charge in [-0.15, -0.1) is 0 Å². The van der Waals surface area contributed by atoms with E-state index in [9.17, 15) is 0 Å². The Bertz CT molecular complexity index is 623. The number of anilines is 1. The number of hydrogen-bond donors (Lipinski definition) is 1. The van der Waals surface area contributed by atoms with Crippen molar-refractivity contribution in [1.29, 1.82) is 5.26 Å². The molecule has 2 aromatic rings. The Labute approximate surface area is 117 Å². The lowest BCUT2D eigenvalue weighted by molar-refractivity contribution is 1.05. The SMILES string of the molecule is Cc1cc(C#N)cc(C)c1CNc1cc(Cl)ncn1. The molecule has 19 heavy (non-hydrogen) atoms. The van der Waals surface area contributed by atoms with Gasteiger partial charge < -0.3 is 5.32 Å². The second-order valence-corrected chi connectivity index (χ2v) is 4.67. The minimum atomic E-state index is 0.408. The highest BCUT2D eigenvalue weighted by molar-refractivity contribution is 6.29. The first kappa shape index (κ1) is 13.3. The Kier molecular flexibility index (Phi) is 3.98. The molecule has 0 amide bonds. The van der Waals surface area contributed by atoms with Gasteiger partial charge >= 0.3 is 0 Å². The van der Waals surface area contributed by atoms with Gasteiger partial charge in [0.05, 0.1) is 11.6 Å². The minimum Gasteiger partial charge on any atom is -0.366 e. The van der Waals surface area contributed by atoms with Crippen LogP contribution >= 0.6 is 11.6 Å². The minimum absolute atomic E-state index is 0.408. The summed E-state index contributed by atoms with van der Waals surface area (Å²) in [4.78, 5) is 7.92. The van der Waals surface area contributed by atoms with Crippen molar-refractivity contribution < 1.29 is 0 Å². The zero-order valence-corrected chi connectivity index (χ0v) is 11.5.